The zero-order valence-corrected chi connectivity index (χ0v) is 11.1. The second-order valence-corrected chi connectivity index (χ2v) is 6.00. The molecule has 0 heterocycles. The molecule has 4 heteroatoms. The second-order valence-electron chi connectivity index (χ2n) is 5.16. The van der Waals surface area contributed by atoms with Gasteiger partial charge in [-0.2, -0.15) is 0 Å². The van der Waals surface area contributed by atoms with Crippen LogP contribution in [0.15, 0.2) is 18.2 Å². The maximum atomic E-state index is 12.1. The number of halogens is 2. The number of carbonyl (C=O) groups excluding carboxylic acids is 1. The molecule has 0 radical (unpaired) electrons. The summed E-state index contributed by atoms with van der Waals surface area (Å²) in [5.74, 6) is 0.951. The van der Waals surface area contributed by atoms with Crippen molar-refractivity contribution in [1.82, 2.24) is 4.90 Å². The molecule has 3 rings (SSSR count). The van der Waals surface area contributed by atoms with Gasteiger partial charge in [0.1, 0.15) is 0 Å². The highest BCUT2D eigenvalue weighted by molar-refractivity contribution is 6.35. The van der Waals surface area contributed by atoms with Crippen molar-refractivity contribution in [3.05, 3.63) is 33.8 Å². The molecule has 90 valence electrons. The van der Waals surface area contributed by atoms with Crippen molar-refractivity contribution in [3.8, 4) is 0 Å². The van der Waals surface area contributed by atoms with Gasteiger partial charge in [-0.3, -0.25) is 4.79 Å². The van der Waals surface area contributed by atoms with Gasteiger partial charge in [0.05, 0.1) is 5.41 Å². The monoisotopic (exact) mass is 269 g/mol. The highest BCUT2D eigenvalue weighted by Gasteiger charge is 2.75. The van der Waals surface area contributed by atoms with Crippen LogP contribution in [0.2, 0.25) is 10.0 Å². The van der Waals surface area contributed by atoms with Gasteiger partial charge in [0.15, 0.2) is 0 Å². The summed E-state index contributed by atoms with van der Waals surface area (Å²) in [5, 5.41) is 1.24. The van der Waals surface area contributed by atoms with Crippen LogP contribution in [0.5, 0.6) is 0 Å². The van der Waals surface area contributed by atoms with E-state index in [9.17, 15) is 4.79 Å². The summed E-state index contributed by atoms with van der Waals surface area (Å²) in [4.78, 5) is 13.9. The Hall–Kier alpha value is -0.730. The van der Waals surface area contributed by atoms with Crippen molar-refractivity contribution in [3.63, 3.8) is 0 Å². The molecule has 0 aliphatic heterocycles. The van der Waals surface area contributed by atoms with E-state index in [-0.39, 0.29) is 11.3 Å². The zero-order valence-electron chi connectivity index (χ0n) is 9.54. The predicted octanol–water partition coefficient (Wildman–Crippen LogP) is 3.36. The molecule has 2 aliphatic carbocycles. The molecule has 2 fully saturated rings. The molecule has 0 atom stereocenters. The lowest BCUT2D eigenvalue weighted by molar-refractivity contribution is -0.133. The average molecular weight is 270 g/mol. The number of hydrogen-bond acceptors (Lipinski definition) is 1. The zero-order chi connectivity index (χ0) is 12.2. The Morgan fingerprint density at radius 1 is 1.47 bits per heavy atom. The Bertz CT molecular complexity index is 494. The highest BCUT2D eigenvalue weighted by Crippen LogP contribution is 2.75. The van der Waals surface area contributed by atoms with Gasteiger partial charge >= 0.3 is 0 Å². The van der Waals surface area contributed by atoms with E-state index >= 15 is 0 Å². The number of amides is 1. The largest absolute Gasteiger partial charge is 0.341 e. The van der Waals surface area contributed by atoms with E-state index in [1.54, 1.807) is 17.0 Å². The van der Waals surface area contributed by atoms with E-state index in [1.807, 2.05) is 13.1 Å². The van der Waals surface area contributed by atoms with Crippen molar-refractivity contribution in [2.24, 2.45) is 11.3 Å². The molecule has 0 N–H and O–H groups in total. The number of benzene rings is 1. The van der Waals surface area contributed by atoms with Crippen LogP contribution >= 0.6 is 23.2 Å². The van der Waals surface area contributed by atoms with Crippen molar-refractivity contribution in [1.29, 1.82) is 0 Å². The SMILES string of the molecule is CN(Cc1ccc(Cl)cc1Cl)C(=O)C12CC1C2. The third-order valence-electron chi connectivity index (χ3n) is 3.88. The summed E-state index contributed by atoms with van der Waals surface area (Å²) in [7, 11) is 1.84. The summed E-state index contributed by atoms with van der Waals surface area (Å²) in [6.07, 6.45) is 2.18. The fourth-order valence-corrected chi connectivity index (χ4v) is 2.88. The molecule has 1 aromatic rings. The summed E-state index contributed by atoms with van der Waals surface area (Å²) in [5.41, 5.74) is 0.981. The first-order chi connectivity index (χ1) is 8.03. The Morgan fingerprint density at radius 3 is 2.65 bits per heavy atom. The Kier molecular flexibility index (Phi) is 2.43. The molecular weight excluding hydrogens is 257 g/mol. The van der Waals surface area contributed by atoms with Gasteiger partial charge in [0.2, 0.25) is 5.91 Å². The van der Waals surface area contributed by atoms with Gasteiger partial charge in [0.25, 0.3) is 0 Å². The van der Waals surface area contributed by atoms with Gasteiger partial charge in [-0.25, -0.2) is 0 Å². The number of nitrogens with zero attached hydrogens (tertiary/aromatic N) is 1. The molecule has 0 saturated heterocycles. The first-order valence-electron chi connectivity index (χ1n) is 5.72. The minimum Gasteiger partial charge on any atom is -0.341 e. The highest BCUT2D eigenvalue weighted by atomic mass is 35.5. The Labute approximate surface area is 111 Å². The fourth-order valence-electron chi connectivity index (χ4n) is 2.41. The summed E-state index contributed by atoms with van der Waals surface area (Å²) >= 11 is 11.9. The maximum absolute atomic E-state index is 12.1. The molecule has 2 saturated carbocycles. The average Bonchev–Trinajstić information content (AvgIpc) is 3.09. The molecule has 1 aromatic carbocycles. The van der Waals surface area contributed by atoms with Gasteiger partial charge in [0, 0.05) is 23.6 Å². The number of hydrogen-bond donors (Lipinski definition) is 0. The van der Waals surface area contributed by atoms with Crippen molar-refractivity contribution >= 4 is 29.1 Å². The van der Waals surface area contributed by atoms with Gasteiger partial charge < -0.3 is 4.90 Å². The van der Waals surface area contributed by atoms with Crippen LogP contribution in [0.1, 0.15) is 18.4 Å². The standard InChI is InChI=1S/C13H13Cl2NO/c1-16(12(17)13-5-9(13)6-13)7-8-2-3-10(14)4-11(8)15/h2-4,9H,5-7H2,1H3. The first-order valence-corrected chi connectivity index (χ1v) is 6.48. The topological polar surface area (TPSA) is 20.3 Å². The van der Waals surface area contributed by atoms with E-state index in [1.165, 1.54) is 0 Å². The minimum atomic E-state index is 0.0354. The maximum Gasteiger partial charge on any atom is 0.229 e. The third-order valence-corrected chi connectivity index (χ3v) is 4.46. The van der Waals surface area contributed by atoms with Crippen LogP contribution < -0.4 is 0 Å². The Morgan fingerprint density at radius 2 is 2.12 bits per heavy atom. The molecule has 1 amide bonds. The number of fused-ring (bicyclic) bond motifs is 1. The molecule has 2 nitrogen and oxygen atoms in total. The number of rotatable bonds is 3. The van der Waals surface area contributed by atoms with E-state index in [4.69, 9.17) is 23.2 Å². The molecule has 0 bridgehead atoms. The first kappa shape index (κ1) is 11.4. The minimum absolute atomic E-state index is 0.0354. The van der Waals surface area contributed by atoms with Crippen LogP contribution in [0, 0.1) is 11.3 Å². The molecule has 17 heavy (non-hydrogen) atoms. The lowest BCUT2D eigenvalue weighted by Crippen LogP contribution is -2.30. The van der Waals surface area contributed by atoms with Crippen LogP contribution in [0.3, 0.4) is 0 Å². The van der Waals surface area contributed by atoms with E-state index in [2.05, 4.69) is 0 Å². The quantitative estimate of drug-likeness (QED) is 0.824. The van der Waals surface area contributed by atoms with Crippen LogP contribution in [-0.2, 0) is 11.3 Å². The lowest BCUT2D eigenvalue weighted by atomic mass is 10.1. The molecule has 0 unspecified atom stereocenters. The fraction of sp³-hybridized carbons (Fsp3) is 0.462. The smallest absolute Gasteiger partial charge is 0.229 e. The Balaban J connectivity index is 1.71. The molecule has 0 aromatic heterocycles. The van der Waals surface area contributed by atoms with E-state index in [0.29, 0.717) is 22.5 Å². The second kappa shape index (κ2) is 3.63. The van der Waals surface area contributed by atoms with Crippen molar-refractivity contribution in [2.45, 2.75) is 19.4 Å². The van der Waals surface area contributed by atoms with E-state index < -0.39 is 0 Å². The normalized spacial score (nSPS) is 28.5. The summed E-state index contributed by atoms with van der Waals surface area (Å²) in [6.45, 7) is 0.559. The van der Waals surface area contributed by atoms with Gasteiger partial charge in [-0.15, -0.1) is 0 Å². The predicted molar refractivity (Wildman–Crippen MR) is 68.1 cm³/mol. The summed E-state index contributed by atoms with van der Waals surface area (Å²) < 4.78 is 0. The van der Waals surface area contributed by atoms with Crippen LogP contribution in [0.25, 0.3) is 0 Å². The van der Waals surface area contributed by atoms with Crippen LogP contribution in [0.4, 0.5) is 0 Å². The summed E-state index contributed by atoms with van der Waals surface area (Å²) in [6, 6.07) is 5.39. The van der Waals surface area contributed by atoms with Crippen molar-refractivity contribution in [2.75, 3.05) is 7.05 Å². The van der Waals surface area contributed by atoms with E-state index in [0.717, 1.165) is 18.4 Å². The van der Waals surface area contributed by atoms with Crippen LogP contribution in [-0.4, -0.2) is 17.9 Å². The van der Waals surface area contributed by atoms with Gasteiger partial charge in [-0.05, 0) is 36.5 Å². The lowest BCUT2D eigenvalue weighted by Gasteiger charge is -2.19. The molecule has 0 spiro atoms. The number of carbonyl (C=O) groups is 1. The third kappa shape index (κ3) is 1.84. The van der Waals surface area contributed by atoms with Crippen molar-refractivity contribution < 1.29 is 4.79 Å². The molecular formula is C13H13Cl2NO. The molecule has 2 aliphatic rings. The van der Waals surface area contributed by atoms with Gasteiger partial charge in [-0.1, -0.05) is 29.3 Å².